The van der Waals surface area contributed by atoms with Gasteiger partial charge in [-0.3, -0.25) is 14.6 Å². The van der Waals surface area contributed by atoms with Gasteiger partial charge in [-0.25, -0.2) is 0 Å². The van der Waals surface area contributed by atoms with Crippen LogP contribution in [0.4, 0.5) is 0 Å². The third kappa shape index (κ3) is 3.25. The van der Waals surface area contributed by atoms with E-state index in [1.54, 1.807) is 30.6 Å². The van der Waals surface area contributed by atoms with Gasteiger partial charge in [0.2, 0.25) is 0 Å². The van der Waals surface area contributed by atoms with Gasteiger partial charge in [-0.05, 0) is 24.5 Å². The van der Waals surface area contributed by atoms with E-state index in [1.165, 1.54) is 4.90 Å². The minimum absolute atomic E-state index is 0.118. The third-order valence-corrected chi connectivity index (χ3v) is 4.43. The highest BCUT2D eigenvalue weighted by atomic mass is 16.3. The Kier molecular flexibility index (Phi) is 4.89. The van der Waals surface area contributed by atoms with Gasteiger partial charge in [0, 0.05) is 24.5 Å². The van der Waals surface area contributed by atoms with E-state index in [0.29, 0.717) is 17.7 Å². The molecule has 1 aromatic heterocycles. The first kappa shape index (κ1) is 17.9. The van der Waals surface area contributed by atoms with E-state index >= 15 is 0 Å². The quantitative estimate of drug-likeness (QED) is 0.521. The van der Waals surface area contributed by atoms with Crippen molar-refractivity contribution in [1.82, 2.24) is 9.88 Å². The summed E-state index contributed by atoms with van der Waals surface area (Å²) < 4.78 is 0. The zero-order valence-electron chi connectivity index (χ0n) is 15.1. The predicted octanol–water partition coefficient (Wildman–Crippen LogP) is 3.47. The highest BCUT2D eigenvalue weighted by molar-refractivity contribution is 6.46. The third-order valence-electron chi connectivity index (χ3n) is 4.43. The van der Waals surface area contributed by atoms with Gasteiger partial charge in [-0.2, -0.15) is 0 Å². The van der Waals surface area contributed by atoms with Crippen molar-refractivity contribution in [2.24, 2.45) is 5.92 Å². The molecule has 2 aromatic rings. The number of carbonyl (C=O) groups excluding carboxylic acids is 2. The molecule has 1 N–H and O–H groups in total. The number of pyridine rings is 1. The predicted molar refractivity (Wildman–Crippen MR) is 99.3 cm³/mol. The fourth-order valence-electron chi connectivity index (χ4n) is 3.21. The first-order valence-corrected chi connectivity index (χ1v) is 8.65. The van der Waals surface area contributed by atoms with Crippen molar-refractivity contribution in [3.63, 3.8) is 0 Å². The second-order valence-electron chi connectivity index (χ2n) is 7.00. The van der Waals surface area contributed by atoms with Gasteiger partial charge in [0.05, 0.1) is 11.6 Å². The summed E-state index contributed by atoms with van der Waals surface area (Å²) in [5.41, 5.74) is 2.39. The first-order chi connectivity index (χ1) is 12.4. The molecule has 0 unspecified atom stereocenters. The molecule has 2 heterocycles. The van der Waals surface area contributed by atoms with Crippen molar-refractivity contribution in [3.05, 3.63) is 71.1 Å². The lowest BCUT2D eigenvalue weighted by atomic mass is 9.96. The Bertz CT molecular complexity index is 855. The van der Waals surface area contributed by atoms with E-state index in [0.717, 1.165) is 5.56 Å². The largest absolute Gasteiger partial charge is 0.507 e. The van der Waals surface area contributed by atoms with Crippen LogP contribution in [0.3, 0.4) is 0 Å². The van der Waals surface area contributed by atoms with Crippen LogP contribution in [0.25, 0.3) is 5.76 Å². The summed E-state index contributed by atoms with van der Waals surface area (Å²) in [4.78, 5) is 31.0. The van der Waals surface area contributed by atoms with Crippen LogP contribution in [0.1, 0.15) is 36.6 Å². The fraction of sp³-hybridized carbons (Fsp3) is 0.286. The number of nitrogens with zero attached hydrogens (tertiary/aromatic N) is 2. The molecule has 1 aromatic carbocycles. The maximum Gasteiger partial charge on any atom is 0.295 e. The lowest BCUT2D eigenvalue weighted by Gasteiger charge is -2.26. The lowest BCUT2D eigenvalue weighted by Crippen LogP contribution is -2.33. The number of rotatable bonds is 4. The summed E-state index contributed by atoms with van der Waals surface area (Å²) in [6.07, 6.45) is 3.27. The molecule has 0 radical (unpaired) electrons. The Hall–Kier alpha value is -2.95. The van der Waals surface area contributed by atoms with E-state index in [2.05, 4.69) is 4.98 Å². The molecule has 0 aliphatic carbocycles. The number of ketones is 1. The van der Waals surface area contributed by atoms with Crippen molar-refractivity contribution < 1.29 is 14.7 Å². The van der Waals surface area contributed by atoms with Gasteiger partial charge < -0.3 is 10.0 Å². The maximum atomic E-state index is 12.7. The lowest BCUT2D eigenvalue weighted by molar-refractivity contribution is -0.140. The molecule has 0 bridgehead atoms. The Morgan fingerprint density at radius 3 is 2.46 bits per heavy atom. The zero-order valence-corrected chi connectivity index (χ0v) is 15.1. The van der Waals surface area contributed by atoms with E-state index < -0.39 is 17.7 Å². The van der Waals surface area contributed by atoms with Crippen LogP contribution in [0.5, 0.6) is 0 Å². The topological polar surface area (TPSA) is 70.5 Å². The van der Waals surface area contributed by atoms with Crippen LogP contribution in [0, 0.1) is 12.8 Å². The van der Waals surface area contributed by atoms with E-state index in [-0.39, 0.29) is 17.3 Å². The van der Waals surface area contributed by atoms with Crippen LogP contribution in [0.15, 0.2) is 54.4 Å². The molecule has 3 rings (SSSR count). The molecule has 1 saturated heterocycles. The van der Waals surface area contributed by atoms with Gasteiger partial charge >= 0.3 is 0 Å². The van der Waals surface area contributed by atoms with E-state index in [1.807, 2.05) is 39.0 Å². The number of hydrogen-bond acceptors (Lipinski definition) is 4. The molecule has 0 spiro atoms. The number of Topliss-reactive ketones (excluding diaryl/α,β-unsaturated/α-hetero) is 1. The summed E-state index contributed by atoms with van der Waals surface area (Å²) in [5.74, 6) is -1.20. The molecule has 1 aliphatic heterocycles. The van der Waals surface area contributed by atoms with E-state index in [9.17, 15) is 14.7 Å². The molecule has 5 nitrogen and oxygen atoms in total. The Labute approximate surface area is 153 Å². The van der Waals surface area contributed by atoms with Crippen LogP contribution in [0.2, 0.25) is 0 Å². The number of hydrogen-bond donors (Lipinski definition) is 1. The van der Waals surface area contributed by atoms with Crippen LogP contribution in [-0.4, -0.2) is 33.2 Å². The highest BCUT2D eigenvalue weighted by Gasteiger charge is 2.46. The smallest absolute Gasteiger partial charge is 0.295 e. The monoisotopic (exact) mass is 350 g/mol. The molecule has 134 valence electrons. The van der Waals surface area contributed by atoms with Gasteiger partial charge in [0.1, 0.15) is 5.76 Å². The minimum Gasteiger partial charge on any atom is -0.507 e. The SMILES string of the molecule is Cc1ccc(C(O)=C2C(=O)C(=O)N(CC(C)C)[C@H]2c2cccnc2)cc1. The molecule has 26 heavy (non-hydrogen) atoms. The summed E-state index contributed by atoms with van der Waals surface area (Å²) in [5, 5.41) is 10.8. The molecule has 1 aliphatic rings. The summed E-state index contributed by atoms with van der Waals surface area (Å²) in [7, 11) is 0. The molecule has 0 saturated carbocycles. The van der Waals surface area contributed by atoms with Gasteiger partial charge in [0.25, 0.3) is 11.7 Å². The number of aliphatic hydroxyl groups excluding tert-OH is 1. The van der Waals surface area contributed by atoms with Gasteiger partial charge in [-0.1, -0.05) is 49.7 Å². The molecule has 5 heteroatoms. The van der Waals surface area contributed by atoms with Crippen molar-refractivity contribution >= 4 is 17.4 Å². The summed E-state index contributed by atoms with van der Waals surface area (Å²) in [6.45, 7) is 6.34. The Morgan fingerprint density at radius 1 is 1.19 bits per heavy atom. The molecule has 1 atom stereocenters. The number of likely N-dealkylation sites (tertiary alicyclic amines) is 1. The number of amides is 1. The summed E-state index contributed by atoms with van der Waals surface area (Å²) in [6, 6.07) is 10.2. The highest BCUT2D eigenvalue weighted by Crippen LogP contribution is 2.39. The number of carbonyl (C=O) groups is 2. The molecular formula is C21H22N2O3. The second-order valence-corrected chi connectivity index (χ2v) is 7.00. The number of benzene rings is 1. The summed E-state index contributed by atoms with van der Waals surface area (Å²) >= 11 is 0. The van der Waals surface area contributed by atoms with Gasteiger partial charge in [-0.15, -0.1) is 0 Å². The van der Waals surface area contributed by atoms with Gasteiger partial charge in [0.15, 0.2) is 0 Å². The van der Waals surface area contributed by atoms with Crippen molar-refractivity contribution in [2.75, 3.05) is 6.54 Å². The van der Waals surface area contributed by atoms with Crippen molar-refractivity contribution in [2.45, 2.75) is 26.8 Å². The normalized spacial score (nSPS) is 19.4. The Balaban J connectivity index is 2.17. The zero-order chi connectivity index (χ0) is 18.8. The molecule has 1 fully saturated rings. The molecule has 1 amide bonds. The van der Waals surface area contributed by atoms with Crippen molar-refractivity contribution in [3.8, 4) is 0 Å². The fourth-order valence-corrected chi connectivity index (χ4v) is 3.21. The number of aromatic nitrogens is 1. The minimum atomic E-state index is -0.655. The second kappa shape index (κ2) is 7.12. The van der Waals surface area contributed by atoms with Crippen LogP contribution < -0.4 is 0 Å². The van der Waals surface area contributed by atoms with Crippen molar-refractivity contribution in [1.29, 1.82) is 0 Å². The number of aryl methyl sites for hydroxylation is 1. The molecular weight excluding hydrogens is 328 g/mol. The average Bonchev–Trinajstić information content (AvgIpc) is 2.87. The van der Waals surface area contributed by atoms with E-state index in [4.69, 9.17) is 0 Å². The van der Waals surface area contributed by atoms with Crippen LogP contribution in [-0.2, 0) is 9.59 Å². The first-order valence-electron chi connectivity index (χ1n) is 8.65. The number of aliphatic hydroxyl groups is 1. The maximum absolute atomic E-state index is 12.7. The Morgan fingerprint density at radius 2 is 1.88 bits per heavy atom. The van der Waals surface area contributed by atoms with Crippen LogP contribution >= 0.6 is 0 Å². The standard InChI is InChI=1S/C21H22N2O3/c1-13(2)12-23-18(16-5-4-10-22-11-16)17(20(25)21(23)26)19(24)15-8-6-14(3)7-9-15/h4-11,13,18,24H,12H2,1-3H3/t18-/m0/s1. The average molecular weight is 350 g/mol.